The zero-order chi connectivity index (χ0) is 14.5. The maximum Gasteiger partial charge on any atom is 0.122 e. The Labute approximate surface area is 121 Å². The highest BCUT2D eigenvalue weighted by molar-refractivity contribution is 5.51. The molecular weight excluding hydrogens is 246 g/mol. The largest absolute Gasteiger partial charge is 0.496 e. The standard InChI is InChI=1S/C18H23NO/c1-13(2)16-11-15(9-10-18(16)20-4)12-19-17-8-6-5-7-14(17)3/h5-11,13,19H,12H2,1-4H3. The van der Waals surface area contributed by atoms with E-state index in [1.54, 1.807) is 7.11 Å². The molecule has 2 rings (SSSR count). The van der Waals surface area contributed by atoms with Crippen molar-refractivity contribution in [2.75, 3.05) is 12.4 Å². The summed E-state index contributed by atoms with van der Waals surface area (Å²) in [5.41, 5.74) is 4.99. The third-order valence-electron chi connectivity index (χ3n) is 3.54. The minimum Gasteiger partial charge on any atom is -0.496 e. The lowest BCUT2D eigenvalue weighted by Gasteiger charge is -2.15. The Bertz CT molecular complexity index is 575. The van der Waals surface area contributed by atoms with Crippen molar-refractivity contribution in [2.45, 2.75) is 33.2 Å². The maximum absolute atomic E-state index is 5.42. The molecule has 0 saturated heterocycles. The highest BCUT2D eigenvalue weighted by Crippen LogP contribution is 2.27. The third kappa shape index (κ3) is 3.32. The summed E-state index contributed by atoms with van der Waals surface area (Å²) in [6.07, 6.45) is 0. The minimum atomic E-state index is 0.461. The number of anilines is 1. The van der Waals surface area contributed by atoms with Crippen LogP contribution >= 0.6 is 0 Å². The third-order valence-corrected chi connectivity index (χ3v) is 3.54. The lowest BCUT2D eigenvalue weighted by molar-refractivity contribution is 0.407. The molecular formula is C18H23NO. The van der Waals surface area contributed by atoms with Crippen LogP contribution in [0.2, 0.25) is 0 Å². The zero-order valence-electron chi connectivity index (χ0n) is 12.7. The number of hydrogen-bond donors (Lipinski definition) is 1. The number of hydrogen-bond acceptors (Lipinski definition) is 2. The van der Waals surface area contributed by atoms with Crippen LogP contribution in [0.25, 0.3) is 0 Å². The SMILES string of the molecule is COc1ccc(CNc2ccccc2C)cc1C(C)C. The van der Waals surface area contributed by atoms with Gasteiger partial charge in [0.15, 0.2) is 0 Å². The predicted molar refractivity (Wildman–Crippen MR) is 85.6 cm³/mol. The van der Waals surface area contributed by atoms with Crippen molar-refractivity contribution in [2.24, 2.45) is 0 Å². The molecule has 0 saturated carbocycles. The number of para-hydroxylation sites is 1. The van der Waals surface area contributed by atoms with Crippen LogP contribution in [-0.4, -0.2) is 7.11 Å². The van der Waals surface area contributed by atoms with E-state index in [1.807, 2.05) is 0 Å². The molecule has 2 aromatic rings. The second-order valence-corrected chi connectivity index (χ2v) is 5.40. The molecule has 2 nitrogen and oxygen atoms in total. The van der Waals surface area contributed by atoms with Gasteiger partial charge >= 0.3 is 0 Å². The van der Waals surface area contributed by atoms with Crippen LogP contribution in [-0.2, 0) is 6.54 Å². The Morgan fingerprint density at radius 2 is 1.85 bits per heavy atom. The molecule has 0 aliphatic carbocycles. The maximum atomic E-state index is 5.42. The minimum absolute atomic E-state index is 0.461. The summed E-state index contributed by atoms with van der Waals surface area (Å²) in [6.45, 7) is 7.33. The molecule has 2 heteroatoms. The summed E-state index contributed by atoms with van der Waals surface area (Å²) < 4.78 is 5.42. The van der Waals surface area contributed by atoms with E-state index in [2.05, 4.69) is 68.6 Å². The fourth-order valence-corrected chi connectivity index (χ4v) is 2.31. The highest BCUT2D eigenvalue weighted by Gasteiger charge is 2.08. The second kappa shape index (κ2) is 6.47. The van der Waals surface area contributed by atoms with E-state index in [9.17, 15) is 0 Å². The number of methoxy groups -OCH3 is 1. The molecule has 0 aromatic heterocycles. The van der Waals surface area contributed by atoms with Crippen LogP contribution in [0.4, 0.5) is 5.69 Å². The first kappa shape index (κ1) is 14.4. The summed E-state index contributed by atoms with van der Waals surface area (Å²) in [5.74, 6) is 1.43. The van der Waals surface area contributed by atoms with E-state index < -0.39 is 0 Å². The van der Waals surface area contributed by atoms with Gasteiger partial charge in [-0.25, -0.2) is 0 Å². The normalized spacial score (nSPS) is 10.7. The Morgan fingerprint density at radius 3 is 2.50 bits per heavy atom. The molecule has 0 aliphatic heterocycles. The molecule has 20 heavy (non-hydrogen) atoms. The number of nitrogens with one attached hydrogen (secondary N) is 1. The Morgan fingerprint density at radius 1 is 1.10 bits per heavy atom. The lowest BCUT2D eigenvalue weighted by atomic mass is 9.99. The average Bonchev–Trinajstić information content (AvgIpc) is 2.46. The van der Waals surface area contributed by atoms with E-state index >= 15 is 0 Å². The molecule has 0 atom stereocenters. The first-order valence-electron chi connectivity index (χ1n) is 7.08. The van der Waals surface area contributed by atoms with Gasteiger partial charge in [-0.05, 0) is 41.7 Å². The predicted octanol–water partition coefficient (Wildman–Crippen LogP) is 4.74. The van der Waals surface area contributed by atoms with Crippen LogP contribution < -0.4 is 10.1 Å². The van der Waals surface area contributed by atoms with Gasteiger partial charge in [0.1, 0.15) is 5.75 Å². The smallest absolute Gasteiger partial charge is 0.122 e. The van der Waals surface area contributed by atoms with Crippen LogP contribution in [0.5, 0.6) is 5.75 Å². The van der Waals surface area contributed by atoms with Gasteiger partial charge in [-0.2, -0.15) is 0 Å². The summed E-state index contributed by atoms with van der Waals surface area (Å²) in [7, 11) is 1.73. The van der Waals surface area contributed by atoms with Crippen molar-refractivity contribution in [3.05, 3.63) is 59.2 Å². The quantitative estimate of drug-likeness (QED) is 0.846. The van der Waals surface area contributed by atoms with Gasteiger partial charge in [-0.3, -0.25) is 0 Å². The molecule has 0 heterocycles. The molecule has 2 aromatic carbocycles. The first-order valence-corrected chi connectivity index (χ1v) is 7.08. The molecule has 0 aliphatic rings. The first-order chi connectivity index (χ1) is 9.61. The summed E-state index contributed by atoms with van der Waals surface area (Å²) >= 11 is 0. The van der Waals surface area contributed by atoms with E-state index in [0.717, 1.165) is 12.3 Å². The molecule has 0 amide bonds. The highest BCUT2D eigenvalue weighted by atomic mass is 16.5. The van der Waals surface area contributed by atoms with Crippen LogP contribution in [0, 0.1) is 6.92 Å². The molecule has 106 valence electrons. The topological polar surface area (TPSA) is 21.3 Å². The molecule has 0 spiro atoms. The van der Waals surface area contributed by atoms with E-state index in [4.69, 9.17) is 4.74 Å². The van der Waals surface area contributed by atoms with Gasteiger partial charge in [0.25, 0.3) is 0 Å². The fraction of sp³-hybridized carbons (Fsp3) is 0.333. The fourth-order valence-electron chi connectivity index (χ4n) is 2.31. The number of benzene rings is 2. The number of ether oxygens (including phenoxy) is 1. The summed E-state index contributed by atoms with van der Waals surface area (Å²) in [4.78, 5) is 0. The Kier molecular flexibility index (Phi) is 4.67. The molecule has 0 fully saturated rings. The summed E-state index contributed by atoms with van der Waals surface area (Å²) in [5, 5.41) is 3.49. The van der Waals surface area contributed by atoms with Gasteiger partial charge < -0.3 is 10.1 Å². The molecule has 1 N–H and O–H groups in total. The molecule has 0 radical (unpaired) electrons. The van der Waals surface area contributed by atoms with Crippen molar-refractivity contribution in [3.8, 4) is 5.75 Å². The number of aryl methyl sites for hydroxylation is 1. The van der Waals surface area contributed by atoms with E-state index in [1.165, 1.54) is 22.4 Å². The molecule has 0 bridgehead atoms. The van der Waals surface area contributed by atoms with Gasteiger partial charge in [0.05, 0.1) is 7.11 Å². The van der Waals surface area contributed by atoms with Crippen LogP contribution in [0.1, 0.15) is 36.5 Å². The van der Waals surface area contributed by atoms with Gasteiger partial charge in [0.2, 0.25) is 0 Å². The van der Waals surface area contributed by atoms with E-state index in [-0.39, 0.29) is 0 Å². The summed E-state index contributed by atoms with van der Waals surface area (Å²) in [6, 6.07) is 14.8. The second-order valence-electron chi connectivity index (χ2n) is 5.40. The Hall–Kier alpha value is -1.96. The van der Waals surface area contributed by atoms with Crippen molar-refractivity contribution in [1.29, 1.82) is 0 Å². The zero-order valence-corrected chi connectivity index (χ0v) is 12.7. The molecule has 0 unspecified atom stereocenters. The van der Waals surface area contributed by atoms with Gasteiger partial charge in [-0.1, -0.05) is 44.2 Å². The van der Waals surface area contributed by atoms with Crippen molar-refractivity contribution < 1.29 is 4.74 Å². The lowest BCUT2D eigenvalue weighted by Crippen LogP contribution is -2.03. The van der Waals surface area contributed by atoms with Gasteiger partial charge in [0, 0.05) is 12.2 Å². The number of rotatable bonds is 5. The Balaban J connectivity index is 2.14. The van der Waals surface area contributed by atoms with Crippen molar-refractivity contribution >= 4 is 5.69 Å². The van der Waals surface area contributed by atoms with Gasteiger partial charge in [-0.15, -0.1) is 0 Å². The average molecular weight is 269 g/mol. The van der Waals surface area contributed by atoms with Crippen molar-refractivity contribution in [3.63, 3.8) is 0 Å². The van der Waals surface area contributed by atoms with Crippen molar-refractivity contribution in [1.82, 2.24) is 0 Å². The van der Waals surface area contributed by atoms with E-state index in [0.29, 0.717) is 5.92 Å². The van der Waals surface area contributed by atoms with Crippen LogP contribution in [0.3, 0.4) is 0 Å². The van der Waals surface area contributed by atoms with Crippen LogP contribution in [0.15, 0.2) is 42.5 Å². The monoisotopic (exact) mass is 269 g/mol.